The molecule has 2 heterocycles. The number of aromatic carboxylic acids is 1. The predicted octanol–water partition coefficient (Wildman–Crippen LogP) is 2.04. The van der Waals surface area contributed by atoms with Crippen LogP contribution in [0.1, 0.15) is 29.9 Å². The van der Waals surface area contributed by atoms with Crippen LogP contribution in [-0.4, -0.2) is 31.9 Å². The number of carboxylic acids is 1. The first-order chi connectivity index (χ1) is 9.58. The number of hydrogen-bond acceptors (Lipinski definition) is 4. The van der Waals surface area contributed by atoms with Gasteiger partial charge in [-0.25, -0.2) is 9.78 Å². The zero-order valence-corrected chi connectivity index (χ0v) is 11.6. The van der Waals surface area contributed by atoms with Crippen molar-refractivity contribution in [1.82, 2.24) is 14.8 Å². The molecule has 0 saturated heterocycles. The van der Waals surface area contributed by atoms with Gasteiger partial charge in [-0.2, -0.15) is 5.10 Å². The Labute approximate surface area is 117 Å². The monoisotopic (exact) mass is 274 g/mol. The molecule has 2 aromatic heterocycles. The van der Waals surface area contributed by atoms with E-state index in [1.807, 2.05) is 30.8 Å². The number of anilines is 1. The lowest BCUT2D eigenvalue weighted by Crippen LogP contribution is -2.23. The van der Waals surface area contributed by atoms with Crippen molar-refractivity contribution in [2.75, 3.05) is 5.32 Å². The Kier molecular flexibility index (Phi) is 4.34. The largest absolute Gasteiger partial charge is 0.478 e. The molecule has 0 aliphatic heterocycles. The van der Waals surface area contributed by atoms with E-state index in [2.05, 4.69) is 15.4 Å². The summed E-state index contributed by atoms with van der Waals surface area (Å²) in [6.07, 6.45) is 4.31. The summed E-state index contributed by atoms with van der Waals surface area (Å²) < 4.78 is 1.82. The molecule has 1 unspecified atom stereocenters. The molecular weight excluding hydrogens is 256 g/mol. The molecule has 0 aliphatic carbocycles. The van der Waals surface area contributed by atoms with E-state index in [9.17, 15) is 4.79 Å². The van der Waals surface area contributed by atoms with E-state index in [-0.39, 0.29) is 11.6 Å². The van der Waals surface area contributed by atoms with Gasteiger partial charge in [0.15, 0.2) is 0 Å². The van der Waals surface area contributed by atoms with Crippen molar-refractivity contribution < 1.29 is 9.90 Å². The fraction of sp³-hybridized carbons (Fsp3) is 0.357. The zero-order chi connectivity index (χ0) is 14.5. The molecule has 6 nitrogen and oxygen atoms in total. The number of nitrogens with zero attached hydrogens (tertiary/aromatic N) is 3. The Morgan fingerprint density at radius 2 is 2.30 bits per heavy atom. The van der Waals surface area contributed by atoms with Crippen LogP contribution in [0.3, 0.4) is 0 Å². The van der Waals surface area contributed by atoms with E-state index in [1.54, 1.807) is 18.3 Å². The van der Waals surface area contributed by atoms with E-state index < -0.39 is 5.97 Å². The van der Waals surface area contributed by atoms with Crippen molar-refractivity contribution >= 4 is 11.8 Å². The Hall–Kier alpha value is -2.37. The topological polar surface area (TPSA) is 80.0 Å². The number of pyridine rings is 1. The lowest BCUT2D eigenvalue weighted by Gasteiger charge is -2.15. The number of hydrogen-bond donors (Lipinski definition) is 2. The van der Waals surface area contributed by atoms with Gasteiger partial charge < -0.3 is 10.4 Å². The fourth-order valence-corrected chi connectivity index (χ4v) is 1.95. The highest BCUT2D eigenvalue weighted by molar-refractivity contribution is 5.88. The molecular formula is C14H18N4O2. The van der Waals surface area contributed by atoms with Crippen LogP contribution in [0.25, 0.3) is 0 Å². The molecule has 0 bridgehead atoms. The average Bonchev–Trinajstić information content (AvgIpc) is 2.90. The normalized spacial score (nSPS) is 12.1. The summed E-state index contributed by atoms with van der Waals surface area (Å²) in [7, 11) is 0. The summed E-state index contributed by atoms with van der Waals surface area (Å²) in [6.45, 7) is 4.64. The summed E-state index contributed by atoms with van der Waals surface area (Å²) in [5.41, 5.74) is 1.02. The summed E-state index contributed by atoms with van der Waals surface area (Å²) in [6, 6.07) is 5.12. The molecule has 0 radical (unpaired) electrons. The Balaban J connectivity index is 2.11. The van der Waals surface area contributed by atoms with Gasteiger partial charge in [0.25, 0.3) is 0 Å². The number of carbonyl (C=O) groups is 1. The van der Waals surface area contributed by atoms with Gasteiger partial charge in [0.1, 0.15) is 5.82 Å². The van der Waals surface area contributed by atoms with Crippen LogP contribution in [0, 0.1) is 0 Å². The summed E-state index contributed by atoms with van der Waals surface area (Å²) in [5, 5.41) is 16.5. The third-order valence-corrected chi connectivity index (χ3v) is 2.90. The molecule has 0 aromatic carbocycles. The highest BCUT2D eigenvalue weighted by atomic mass is 16.4. The molecule has 106 valence electrons. The van der Waals surface area contributed by atoms with Crippen molar-refractivity contribution in [1.29, 1.82) is 0 Å². The third-order valence-electron chi connectivity index (χ3n) is 2.90. The fourth-order valence-electron chi connectivity index (χ4n) is 1.95. The van der Waals surface area contributed by atoms with Crippen LogP contribution in [0.4, 0.5) is 5.82 Å². The molecule has 2 aromatic rings. The Bertz CT molecular complexity index is 581. The maximum absolute atomic E-state index is 11.1. The van der Waals surface area contributed by atoms with Gasteiger partial charge in [-0.15, -0.1) is 0 Å². The molecule has 0 spiro atoms. The average molecular weight is 274 g/mol. The molecule has 2 N–H and O–H groups in total. The second kappa shape index (κ2) is 6.18. The van der Waals surface area contributed by atoms with Gasteiger partial charge in [0.05, 0.1) is 12.1 Å². The van der Waals surface area contributed by atoms with Crippen molar-refractivity contribution in [3.63, 3.8) is 0 Å². The van der Waals surface area contributed by atoms with E-state index in [1.165, 1.54) is 0 Å². The van der Waals surface area contributed by atoms with Crippen LogP contribution < -0.4 is 5.32 Å². The first-order valence-electron chi connectivity index (χ1n) is 6.56. The highest BCUT2D eigenvalue weighted by Gasteiger charge is 2.10. The lowest BCUT2D eigenvalue weighted by molar-refractivity contribution is 0.0696. The number of nitrogens with one attached hydrogen (secondary N) is 1. The summed E-state index contributed by atoms with van der Waals surface area (Å²) in [4.78, 5) is 15.5. The van der Waals surface area contributed by atoms with Gasteiger partial charge in [-0.05, 0) is 31.5 Å². The zero-order valence-electron chi connectivity index (χ0n) is 11.6. The Morgan fingerprint density at radius 1 is 1.50 bits per heavy atom. The van der Waals surface area contributed by atoms with Crippen LogP contribution in [0.5, 0.6) is 0 Å². The lowest BCUT2D eigenvalue weighted by atomic mass is 10.2. The second-order valence-corrected chi connectivity index (χ2v) is 4.66. The van der Waals surface area contributed by atoms with E-state index in [0.29, 0.717) is 18.8 Å². The molecule has 0 saturated carbocycles. The van der Waals surface area contributed by atoms with Crippen molar-refractivity contribution in [3.05, 3.63) is 41.9 Å². The quantitative estimate of drug-likeness (QED) is 0.842. The number of carboxylic acid groups (broad SMARTS) is 1. The standard InChI is InChI=1S/C14H18N4O2/c1-3-12-7-11(14(19)20)8-13(17-12)16-10(2)9-18-6-4-5-15-18/h4-8,10H,3,9H2,1-2H3,(H,16,17)(H,19,20). The van der Waals surface area contributed by atoms with Crippen molar-refractivity contribution in [3.8, 4) is 0 Å². The minimum atomic E-state index is -0.940. The predicted molar refractivity (Wildman–Crippen MR) is 75.9 cm³/mol. The van der Waals surface area contributed by atoms with Crippen LogP contribution in [0.15, 0.2) is 30.6 Å². The first kappa shape index (κ1) is 14.0. The summed E-state index contributed by atoms with van der Waals surface area (Å²) >= 11 is 0. The van der Waals surface area contributed by atoms with Crippen LogP contribution >= 0.6 is 0 Å². The van der Waals surface area contributed by atoms with Crippen molar-refractivity contribution in [2.24, 2.45) is 0 Å². The highest BCUT2D eigenvalue weighted by Crippen LogP contribution is 2.13. The molecule has 1 atom stereocenters. The smallest absolute Gasteiger partial charge is 0.335 e. The minimum Gasteiger partial charge on any atom is -0.478 e. The molecule has 20 heavy (non-hydrogen) atoms. The minimum absolute atomic E-state index is 0.0937. The maximum Gasteiger partial charge on any atom is 0.335 e. The Morgan fingerprint density at radius 3 is 2.90 bits per heavy atom. The summed E-state index contributed by atoms with van der Waals surface area (Å²) in [5.74, 6) is -0.355. The van der Waals surface area contributed by atoms with Gasteiger partial charge in [-0.3, -0.25) is 4.68 Å². The number of aryl methyl sites for hydroxylation is 1. The third kappa shape index (κ3) is 3.57. The van der Waals surface area contributed by atoms with Gasteiger partial charge >= 0.3 is 5.97 Å². The van der Waals surface area contributed by atoms with Gasteiger partial charge in [-0.1, -0.05) is 6.92 Å². The molecule has 0 amide bonds. The van der Waals surface area contributed by atoms with E-state index in [4.69, 9.17) is 5.11 Å². The van der Waals surface area contributed by atoms with Crippen molar-refractivity contribution in [2.45, 2.75) is 32.9 Å². The second-order valence-electron chi connectivity index (χ2n) is 4.66. The first-order valence-corrected chi connectivity index (χ1v) is 6.56. The number of rotatable bonds is 6. The van der Waals surface area contributed by atoms with E-state index in [0.717, 1.165) is 5.69 Å². The van der Waals surface area contributed by atoms with E-state index >= 15 is 0 Å². The molecule has 2 rings (SSSR count). The molecule has 0 fully saturated rings. The van der Waals surface area contributed by atoms with Crippen LogP contribution in [-0.2, 0) is 13.0 Å². The van der Waals surface area contributed by atoms with Gasteiger partial charge in [0.2, 0.25) is 0 Å². The van der Waals surface area contributed by atoms with Gasteiger partial charge in [0, 0.05) is 24.1 Å². The number of aromatic nitrogens is 3. The maximum atomic E-state index is 11.1. The molecule has 0 aliphatic rings. The SMILES string of the molecule is CCc1cc(C(=O)O)cc(NC(C)Cn2cccn2)n1. The molecule has 6 heteroatoms. The van der Waals surface area contributed by atoms with Crippen LogP contribution in [0.2, 0.25) is 0 Å².